The molecular weight excluding hydrogens is 438 g/mol. The first-order chi connectivity index (χ1) is 16.3. The Hall–Kier alpha value is -4.14. The highest BCUT2D eigenvalue weighted by Crippen LogP contribution is 2.44. The third-order valence-corrected chi connectivity index (χ3v) is 5.92. The van der Waals surface area contributed by atoms with E-state index in [1.54, 1.807) is 0 Å². The molecule has 0 saturated heterocycles. The Labute approximate surface area is 196 Å². The van der Waals surface area contributed by atoms with Gasteiger partial charge in [-0.15, -0.1) is 0 Å². The molecule has 1 aliphatic rings. The van der Waals surface area contributed by atoms with Crippen LogP contribution in [0.5, 0.6) is 0 Å². The second-order valence-electron chi connectivity index (χ2n) is 8.37. The van der Waals surface area contributed by atoms with Crippen molar-refractivity contribution >= 4 is 23.9 Å². The molecular formula is C25H25N3O6. The summed E-state index contributed by atoms with van der Waals surface area (Å²) in [5.41, 5.74) is 2.82. The van der Waals surface area contributed by atoms with Crippen LogP contribution >= 0.6 is 0 Å². The number of carboxylic acids is 1. The SMILES string of the molecule is CCCC(C)(NC(=O)c1cc(NC(=O)OCC2c3ccccc3-c3ccccc32)on1)C(=O)O. The number of fused-ring (bicyclic) bond motifs is 3. The molecule has 1 atom stereocenters. The summed E-state index contributed by atoms with van der Waals surface area (Å²) >= 11 is 0. The summed E-state index contributed by atoms with van der Waals surface area (Å²) in [6.45, 7) is 3.36. The van der Waals surface area contributed by atoms with E-state index in [4.69, 9.17) is 9.26 Å². The summed E-state index contributed by atoms with van der Waals surface area (Å²) in [4.78, 5) is 36.3. The number of nitrogens with zero attached hydrogens (tertiary/aromatic N) is 1. The van der Waals surface area contributed by atoms with Crippen molar-refractivity contribution in [1.82, 2.24) is 10.5 Å². The molecule has 0 bridgehead atoms. The fraction of sp³-hybridized carbons (Fsp3) is 0.280. The monoisotopic (exact) mass is 463 g/mol. The lowest BCUT2D eigenvalue weighted by atomic mass is 9.96. The highest BCUT2D eigenvalue weighted by atomic mass is 16.6. The van der Waals surface area contributed by atoms with E-state index < -0.39 is 23.5 Å². The Balaban J connectivity index is 1.38. The van der Waals surface area contributed by atoms with Crippen molar-refractivity contribution in [3.8, 4) is 11.1 Å². The molecule has 0 spiro atoms. The number of anilines is 1. The Bertz CT molecular complexity index is 1190. The van der Waals surface area contributed by atoms with Gasteiger partial charge in [-0.1, -0.05) is 67.0 Å². The summed E-state index contributed by atoms with van der Waals surface area (Å²) < 4.78 is 10.4. The van der Waals surface area contributed by atoms with Crippen LogP contribution in [0.1, 0.15) is 54.2 Å². The largest absolute Gasteiger partial charge is 0.480 e. The van der Waals surface area contributed by atoms with Gasteiger partial charge in [-0.2, -0.15) is 0 Å². The van der Waals surface area contributed by atoms with Gasteiger partial charge in [-0.3, -0.25) is 10.1 Å². The summed E-state index contributed by atoms with van der Waals surface area (Å²) in [5, 5.41) is 17.9. The van der Waals surface area contributed by atoms with Crippen molar-refractivity contribution in [1.29, 1.82) is 0 Å². The molecule has 2 amide bonds. The summed E-state index contributed by atoms with van der Waals surface area (Å²) in [7, 11) is 0. The quantitative estimate of drug-likeness (QED) is 0.451. The number of aliphatic carboxylic acids is 1. The van der Waals surface area contributed by atoms with E-state index in [1.165, 1.54) is 13.0 Å². The molecule has 1 aromatic heterocycles. The zero-order valence-electron chi connectivity index (χ0n) is 18.8. The molecule has 3 aromatic rings. The molecule has 9 nitrogen and oxygen atoms in total. The average molecular weight is 463 g/mol. The van der Waals surface area contributed by atoms with E-state index in [2.05, 4.69) is 15.8 Å². The number of benzene rings is 2. The maximum Gasteiger partial charge on any atom is 0.414 e. The number of hydrogen-bond donors (Lipinski definition) is 3. The van der Waals surface area contributed by atoms with Crippen molar-refractivity contribution < 1.29 is 28.8 Å². The minimum absolute atomic E-state index is 0.0881. The van der Waals surface area contributed by atoms with Gasteiger partial charge in [-0.25, -0.2) is 9.59 Å². The lowest BCUT2D eigenvalue weighted by molar-refractivity contribution is -0.144. The zero-order chi connectivity index (χ0) is 24.3. The van der Waals surface area contributed by atoms with Crippen molar-refractivity contribution in [2.24, 2.45) is 0 Å². The maximum atomic E-state index is 12.4. The van der Waals surface area contributed by atoms with Crippen LogP contribution in [0.2, 0.25) is 0 Å². The van der Waals surface area contributed by atoms with E-state index >= 15 is 0 Å². The third-order valence-electron chi connectivity index (χ3n) is 5.92. The standard InChI is InChI=1S/C25H25N3O6/c1-3-12-25(2,23(30)31)27-22(29)20-13-21(34-28-20)26-24(32)33-14-19-17-10-6-4-8-15(17)16-9-5-7-11-18(16)19/h4-11,13,19H,3,12,14H2,1-2H3,(H,26,32)(H,27,29)(H,30,31). The Morgan fingerprint density at radius 1 is 1.09 bits per heavy atom. The van der Waals surface area contributed by atoms with Gasteiger partial charge in [0.15, 0.2) is 5.69 Å². The van der Waals surface area contributed by atoms with Crippen molar-refractivity contribution in [2.75, 3.05) is 11.9 Å². The number of nitrogens with one attached hydrogen (secondary N) is 2. The number of amides is 2. The molecule has 4 rings (SSSR count). The predicted octanol–water partition coefficient (Wildman–Crippen LogP) is 4.41. The molecule has 176 valence electrons. The molecule has 1 unspecified atom stereocenters. The highest BCUT2D eigenvalue weighted by molar-refractivity contribution is 5.97. The third kappa shape index (κ3) is 4.50. The minimum Gasteiger partial charge on any atom is -0.480 e. The Morgan fingerprint density at radius 2 is 1.71 bits per heavy atom. The van der Waals surface area contributed by atoms with E-state index in [0.717, 1.165) is 22.3 Å². The summed E-state index contributed by atoms with van der Waals surface area (Å²) in [6, 6.07) is 17.2. The van der Waals surface area contributed by atoms with Crippen LogP contribution in [0.25, 0.3) is 11.1 Å². The van der Waals surface area contributed by atoms with Crippen molar-refractivity contribution in [3.05, 3.63) is 71.4 Å². The highest BCUT2D eigenvalue weighted by Gasteiger charge is 2.35. The van der Waals surface area contributed by atoms with Crippen molar-refractivity contribution in [2.45, 2.75) is 38.1 Å². The van der Waals surface area contributed by atoms with Crippen LogP contribution in [0.4, 0.5) is 10.7 Å². The van der Waals surface area contributed by atoms with E-state index in [-0.39, 0.29) is 30.5 Å². The molecule has 9 heteroatoms. The predicted molar refractivity (Wildman–Crippen MR) is 124 cm³/mol. The Morgan fingerprint density at radius 3 is 2.29 bits per heavy atom. The van der Waals surface area contributed by atoms with Gasteiger partial charge in [0.2, 0.25) is 5.88 Å². The maximum absolute atomic E-state index is 12.4. The Kier molecular flexibility index (Phi) is 6.36. The summed E-state index contributed by atoms with van der Waals surface area (Å²) in [5.74, 6) is -2.05. The number of aromatic nitrogens is 1. The average Bonchev–Trinajstić information content (AvgIpc) is 3.40. The molecule has 1 heterocycles. The number of carbonyl (C=O) groups excluding carboxylic acids is 2. The van der Waals surface area contributed by atoms with Gasteiger partial charge >= 0.3 is 12.1 Å². The van der Waals surface area contributed by atoms with E-state index in [1.807, 2.05) is 55.5 Å². The van der Waals surface area contributed by atoms with Crippen LogP contribution in [0.3, 0.4) is 0 Å². The molecule has 0 radical (unpaired) electrons. The number of ether oxygens (including phenoxy) is 1. The number of carboxylic acid groups (broad SMARTS) is 1. The second-order valence-corrected chi connectivity index (χ2v) is 8.37. The van der Waals surface area contributed by atoms with Crippen LogP contribution in [0.15, 0.2) is 59.1 Å². The van der Waals surface area contributed by atoms with E-state index in [9.17, 15) is 19.5 Å². The number of rotatable bonds is 8. The molecule has 0 aliphatic heterocycles. The zero-order valence-corrected chi connectivity index (χ0v) is 18.8. The minimum atomic E-state index is -1.44. The van der Waals surface area contributed by atoms with Crippen LogP contribution in [-0.4, -0.2) is 40.4 Å². The summed E-state index contributed by atoms with van der Waals surface area (Å²) in [6.07, 6.45) is 0.0547. The smallest absolute Gasteiger partial charge is 0.414 e. The topological polar surface area (TPSA) is 131 Å². The first-order valence-corrected chi connectivity index (χ1v) is 11.0. The number of carbonyl (C=O) groups is 3. The first-order valence-electron chi connectivity index (χ1n) is 11.0. The van der Waals surface area contributed by atoms with Gasteiger partial charge in [-0.05, 0) is 35.6 Å². The molecule has 3 N–H and O–H groups in total. The fourth-order valence-electron chi connectivity index (χ4n) is 4.21. The van der Waals surface area contributed by atoms with Crippen LogP contribution in [0, 0.1) is 0 Å². The number of hydrogen-bond acceptors (Lipinski definition) is 6. The second kappa shape index (κ2) is 9.38. The lowest BCUT2D eigenvalue weighted by Gasteiger charge is -2.25. The van der Waals surface area contributed by atoms with Crippen LogP contribution in [-0.2, 0) is 9.53 Å². The van der Waals surface area contributed by atoms with Crippen molar-refractivity contribution in [3.63, 3.8) is 0 Å². The molecule has 0 saturated carbocycles. The molecule has 1 aliphatic carbocycles. The van der Waals surface area contributed by atoms with Crippen LogP contribution < -0.4 is 10.6 Å². The van der Waals surface area contributed by atoms with Gasteiger partial charge in [0.1, 0.15) is 12.1 Å². The molecule has 0 fully saturated rings. The molecule has 2 aromatic carbocycles. The normalized spacial score (nSPS) is 13.9. The van der Waals surface area contributed by atoms with Gasteiger partial charge in [0.25, 0.3) is 5.91 Å². The fourth-order valence-corrected chi connectivity index (χ4v) is 4.21. The lowest BCUT2D eigenvalue weighted by Crippen LogP contribution is -2.52. The van der Waals surface area contributed by atoms with Gasteiger partial charge < -0.3 is 19.7 Å². The van der Waals surface area contributed by atoms with Gasteiger partial charge in [0, 0.05) is 12.0 Å². The molecule has 34 heavy (non-hydrogen) atoms. The van der Waals surface area contributed by atoms with E-state index in [0.29, 0.717) is 6.42 Å². The first kappa shape index (κ1) is 23.0. The van der Waals surface area contributed by atoms with Gasteiger partial charge in [0.05, 0.1) is 0 Å².